The van der Waals surface area contributed by atoms with Crippen LogP contribution in [0.15, 0.2) is 72.8 Å². The van der Waals surface area contributed by atoms with Gasteiger partial charge in [-0.05, 0) is 56.4 Å². The van der Waals surface area contributed by atoms with Crippen molar-refractivity contribution in [3.05, 3.63) is 95.5 Å². The van der Waals surface area contributed by atoms with Gasteiger partial charge in [-0.1, -0.05) is 107 Å². The topological polar surface area (TPSA) is 63.1 Å². The van der Waals surface area contributed by atoms with Gasteiger partial charge in [-0.15, -0.1) is 40.5 Å². The molecule has 0 saturated heterocycles. The van der Waals surface area contributed by atoms with Crippen molar-refractivity contribution in [3.8, 4) is 11.3 Å². The molecule has 1 N–H and O–H groups in total. The number of carbonyl (C=O) groups excluding carboxylic acids is 1. The van der Waals surface area contributed by atoms with Crippen molar-refractivity contribution in [2.24, 2.45) is 10.8 Å². The molecule has 0 fully saturated rings. The number of fused-ring (bicyclic) bond motifs is 6. The first-order valence-corrected chi connectivity index (χ1v) is 17.7. The first-order valence-electron chi connectivity index (χ1n) is 16.8. The van der Waals surface area contributed by atoms with Gasteiger partial charge < -0.3 is 5.11 Å². The molecule has 0 bridgehead atoms. The minimum Gasteiger partial charge on any atom is -0.512 e. The Hall–Kier alpha value is -3.44. The molecule has 4 nitrogen and oxygen atoms in total. The van der Waals surface area contributed by atoms with Gasteiger partial charge in [0.05, 0.1) is 5.52 Å². The summed E-state index contributed by atoms with van der Waals surface area (Å²) in [7, 11) is 0. The van der Waals surface area contributed by atoms with Crippen LogP contribution >= 0.6 is 11.3 Å². The van der Waals surface area contributed by atoms with Crippen molar-refractivity contribution in [1.82, 2.24) is 9.97 Å². The fourth-order valence-corrected chi connectivity index (χ4v) is 7.58. The first kappa shape index (κ1) is 37.4. The number of aryl methyl sites for hydroxylation is 3. The number of allylic oxidation sites excluding steroid dienone is 2. The number of aromatic nitrogens is 2. The maximum Gasteiger partial charge on any atom is 0.164 e. The van der Waals surface area contributed by atoms with Gasteiger partial charge in [0.25, 0.3) is 0 Å². The van der Waals surface area contributed by atoms with Crippen molar-refractivity contribution < 1.29 is 30.0 Å². The van der Waals surface area contributed by atoms with E-state index in [1.807, 2.05) is 41.5 Å². The van der Waals surface area contributed by atoms with Gasteiger partial charge in [0.15, 0.2) is 5.78 Å². The average Bonchev–Trinajstić information content (AvgIpc) is 3.46. The zero-order valence-electron chi connectivity index (χ0n) is 29.7. The quantitative estimate of drug-likeness (QED) is 0.0942. The van der Waals surface area contributed by atoms with E-state index in [2.05, 4.69) is 81.4 Å². The minimum atomic E-state index is -0.337. The molecular formula is C42H47IrN2O2S-. The van der Waals surface area contributed by atoms with E-state index in [4.69, 9.17) is 9.97 Å². The van der Waals surface area contributed by atoms with Gasteiger partial charge in [0, 0.05) is 57.5 Å². The third-order valence-electron chi connectivity index (χ3n) is 10.5. The van der Waals surface area contributed by atoms with Crippen molar-refractivity contribution in [2.75, 3.05) is 0 Å². The van der Waals surface area contributed by atoms with Crippen LogP contribution in [0.25, 0.3) is 53.1 Å². The molecule has 0 atom stereocenters. The Labute approximate surface area is 303 Å². The molecule has 48 heavy (non-hydrogen) atoms. The average molecular weight is 836 g/mol. The smallest absolute Gasteiger partial charge is 0.164 e. The molecule has 0 aliphatic heterocycles. The Morgan fingerprint density at radius 3 is 2.17 bits per heavy atom. The van der Waals surface area contributed by atoms with Crippen molar-refractivity contribution in [1.29, 1.82) is 0 Å². The van der Waals surface area contributed by atoms with E-state index < -0.39 is 0 Å². The van der Waals surface area contributed by atoms with Gasteiger partial charge >= 0.3 is 0 Å². The SMILES string of the molecule is CCC(C)(CC)C(=O)/C=C(\O)C(C)(CC)CC.Cc1cc(C)c2c(C)cc(-c3ncnc4c3sc3ccc5ccccc5c34)[c-]c2c1.[Ir]. The maximum absolute atomic E-state index is 12.2. The summed E-state index contributed by atoms with van der Waals surface area (Å²) in [4.78, 5) is 21.6. The normalized spacial score (nSPS) is 12.3. The van der Waals surface area contributed by atoms with Crippen LogP contribution in [0.2, 0.25) is 0 Å². The second-order valence-corrected chi connectivity index (χ2v) is 14.5. The molecule has 0 spiro atoms. The number of thiophene rings is 1. The molecule has 253 valence electrons. The summed E-state index contributed by atoms with van der Waals surface area (Å²) in [5.74, 6) is 0.286. The van der Waals surface area contributed by atoms with Crippen LogP contribution in [0, 0.1) is 37.7 Å². The number of ketones is 1. The Balaban J connectivity index is 0.000000251. The van der Waals surface area contributed by atoms with Gasteiger partial charge in [0.1, 0.15) is 12.1 Å². The summed E-state index contributed by atoms with van der Waals surface area (Å²) >= 11 is 1.77. The van der Waals surface area contributed by atoms with E-state index in [0.29, 0.717) is 0 Å². The van der Waals surface area contributed by atoms with Crippen LogP contribution in [0.3, 0.4) is 0 Å². The number of aliphatic hydroxyl groups is 1. The fourth-order valence-electron chi connectivity index (χ4n) is 6.40. The molecule has 4 aromatic carbocycles. The summed E-state index contributed by atoms with van der Waals surface area (Å²) in [5.41, 5.74) is 6.25. The van der Waals surface area contributed by atoms with Crippen molar-refractivity contribution in [3.63, 3.8) is 0 Å². The second kappa shape index (κ2) is 15.0. The molecule has 2 heterocycles. The predicted octanol–water partition coefficient (Wildman–Crippen LogP) is 12.2. The molecule has 6 aromatic rings. The molecule has 0 saturated carbocycles. The van der Waals surface area contributed by atoms with Gasteiger partial charge in [-0.3, -0.25) is 9.78 Å². The number of hydrogen-bond donors (Lipinski definition) is 1. The Kier molecular flexibility index (Phi) is 11.7. The number of hydrogen-bond acceptors (Lipinski definition) is 5. The standard InChI is InChI=1S/C27H19N2S.C15H28O2.Ir/c1-15-10-16(2)23-17(3)12-20(13-19(23)11-15)25-27-26(29-14-28-25)24-21-7-5-4-6-18(21)8-9-22(24)30-27;1-7-14(5,8-2)12(16)11-13(17)15(6,9-3)10-4;/h4-12,14H,1-3H3;11,16H,7-10H2,1-6H3;/q-1;;/b;12-11-;. The van der Waals surface area contributed by atoms with Crippen LogP contribution in [-0.4, -0.2) is 20.9 Å². The zero-order valence-corrected chi connectivity index (χ0v) is 32.9. The van der Waals surface area contributed by atoms with E-state index in [1.54, 1.807) is 17.7 Å². The zero-order chi connectivity index (χ0) is 34.1. The number of benzene rings is 4. The molecule has 6 rings (SSSR count). The molecule has 1 radical (unpaired) electrons. The summed E-state index contributed by atoms with van der Waals surface area (Å²) in [5, 5.41) is 16.3. The number of carbonyl (C=O) groups is 1. The molecule has 0 aliphatic carbocycles. The van der Waals surface area contributed by atoms with Crippen LogP contribution in [0.4, 0.5) is 0 Å². The number of aliphatic hydroxyl groups excluding tert-OH is 1. The van der Waals surface area contributed by atoms with Gasteiger partial charge in [0.2, 0.25) is 0 Å². The maximum atomic E-state index is 12.2. The van der Waals surface area contributed by atoms with Crippen LogP contribution in [0.1, 0.15) is 83.9 Å². The van der Waals surface area contributed by atoms with E-state index in [1.165, 1.54) is 49.0 Å². The number of rotatable bonds is 8. The van der Waals surface area contributed by atoms with Gasteiger partial charge in [-0.2, -0.15) is 0 Å². The summed E-state index contributed by atoms with van der Waals surface area (Å²) in [6.45, 7) is 18.6. The largest absolute Gasteiger partial charge is 0.512 e. The molecule has 0 unspecified atom stereocenters. The molecule has 0 amide bonds. The Morgan fingerprint density at radius 1 is 0.854 bits per heavy atom. The van der Waals surface area contributed by atoms with Crippen LogP contribution < -0.4 is 0 Å². The Morgan fingerprint density at radius 2 is 1.50 bits per heavy atom. The molecule has 0 aliphatic rings. The molecular weight excluding hydrogens is 789 g/mol. The van der Waals surface area contributed by atoms with E-state index in [0.717, 1.165) is 52.5 Å². The van der Waals surface area contributed by atoms with Gasteiger partial charge in [-0.25, -0.2) is 4.98 Å². The summed E-state index contributed by atoms with van der Waals surface area (Å²) in [6.07, 6.45) is 6.45. The second-order valence-electron chi connectivity index (χ2n) is 13.5. The van der Waals surface area contributed by atoms with E-state index in [-0.39, 0.29) is 42.5 Å². The number of nitrogens with zero attached hydrogens (tertiary/aromatic N) is 2. The van der Waals surface area contributed by atoms with Crippen molar-refractivity contribution >= 4 is 59.0 Å². The first-order chi connectivity index (χ1) is 22.4. The van der Waals surface area contributed by atoms with Crippen LogP contribution in [-0.2, 0) is 24.9 Å². The monoisotopic (exact) mass is 836 g/mol. The van der Waals surface area contributed by atoms with E-state index >= 15 is 0 Å². The van der Waals surface area contributed by atoms with Crippen LogP contribution in [0.5, 0.6) is 0 Å². The third kappa shape index (κ3) is 6.99. The molecule has 2 aromatic heterocycles. The summed E-state index contributed by atoms with van der Waals surface area (Å²) in [6, 6.07) is 23.2. The Bertz CT molecular complexity index is 2140. The fraction of sp³-hybridized carbons (Fsp3) is 0.357. The van der Waals surface area contributed by atoms with Crippen molar-refractivity contribution in [2.45, 2.75) is 88.0 Å². The minimum absolute atomic E-state index is 0. The molecule has 6 heteroatoms. The third-order valence-corrected chi connectivity index (χ3v) is 11.7. The van der Waals surface area contributed by atoms with E-state index in [9.17, 15) is 9.90 Å². The summed E-state index contributed by atoms with van der Waals surface area (Å²) < 4.78 is 2.37. The predicted molar refractivity (Wildman–Crippen MR) is 202 cm³/mol.